The molecule has 3 heteroatoms. The fourth-order valence-corrected chi connectivity index (χ4v) is 2.57. The standard InChI is InChI=1S/C18H33N3/c1-18(2,3)16-10-8-15(9-11-16)17(14-19)21(6)13-7-12-20(4)5/h8-11,17H,7,12-14,19H2,1-6H3. The number of nitrogens with two attached hydrogens (primary N) is 1. The molecule has 3 nitrogen and oxygen atoms in total. The number of nitrogens with zero attached hydrogens (tertiary/aromatic N) is 2. The van der Waals surface area contributed by atoms with Crippen LogP contribution in [0, 0.1) is 0 Å². The van der Waals surface area contributed by atoms with Crippen LogP contribution in [0.5, 0.6) is 0 Å². The van der Waals surface area contributed by atoms with E-state index in [0.717, 1.165) is 13.1 Å². The highest BCUT2D eigenvalue weighted by Gasteiger charge is 2.17. The smallest absolute Gasteiger partial charge is 0.0467 e. The summed E-state index contributed by atoms with van der Waals surface area (Å²) in [5, 5.41) is 0. The van der Waals surface area contributed by atoms with Crippen molar-refractivity contribution in [3.63, 3.8) is 0 Å². The summed E-state index contributed by atoms with van der Waals surface area (Å²) in [7, 11) is 6.40. The van der Waals surface area contributed by atoms with Crippen LogP contribution in [0.25, 0.3) is 0 Å². The predicted octanol–water partition coefficient (Wildman–Crippen LogP) is 2.87. The molecule has 0 radical (unpaired) electrons. The lowest BCUT2D eigenvalue weighted by Crippen LogP contribution is -2.32. The lowest BCUT2D eigenvalue weighted by atomic mass is 9.86. The highest BCUT2D eigenvalue weighted by molar-refractivity contribution is 5.29. The lowest BCUT2D eigenvalue weighted by Gasteiger charge is -2.28. The van der Waals surface area contributed by atoms with Crippen molar-refractivity contribution in [2.24, 2.45) is 5.73 Å². The Labute approximate surface area is 131 Å². The summed E-state index contributed by atoms with van der Waals surface area (Å²) >= 11 is 0. The number of benzene rings is 1. The molecule has 0 aliphatic heterocycles. The first kappa shape index (κ1) is 18.1. The molecular formula is C18H33N3. The van der Waals surface area contributed by atoms with E-state index in [4.69, 9.17) is 5.73 Å². The average Bonchev–Trinajstić information content (AvgIpc) is 2.38. The average molecular weight is 291 g/mol. The van der Waals surface area contributed by atoms with Crippen LogP contribution in [0.1, 0.15) is 44.4 Å². The summed E-state index contributed by atoms with van der Waals surface area (Å²) in [5.41, 5.74) is 8.90. The molecule has 1 unspecified atom stereocenters. The zero-order chi connectivity index (χ0) is 16.0. The summed E-state index contributed by atoms with van der Waals surface area (Å²) in [4.78, 5) is 4.60. The topological polar surface area (TPSA) is 32.5 Å². The van der Waals surface area contributed by atoms with E-state index in [0.29, 0.717) is 12.6 Å². The molecule has 0 fully saturated rings. The van der Waals surface area contributed by atoms with Crippen LogP contribution in [0.4, 0.5) is 0 Å². The van der Waals surface area contributed by atoms with Crippen molar-refractivity contribution in [2.45, 2.75) is 38.6 Å². The highest BCUT2D eigenvalue weighted by atomic mass is 15.1. The second-order valence-corrected chi connectivity index (χ2v) is 7.26. The van der Waals surface area contributed by atoms with Gasteiger partial charge in [0.1, 0.15) is 0 Å². The molecule has 0 saturated heterocycles. The summed E-state index contributed by atoms with van der Waals surface area (Å²) in [5.74, 6) is 0. The first-order chi connectivity index (χ1) is 9.75. The van der Waals surface area contributed by atoms with Crippen LogP contribution >= 0.6 is 0 Å². The van der Waals surface area contributed by atoms with Gasteiger partial charge in [0.15, 0.2) is 0 Å². The molecule has 0 saturated carbocycles. The summed E-state index contributed by atoms with van der Waals surface area (Å²) < 4.78 is 0. The molecule has 0 aromatic heterocycles. The number of hydrogen-bond donors (Lipinski definition) is 1. The third kappa shape index (κ3) is 5.77. The van der Waals surface area contributed by atoms with Gasteiger partial charge in [-0.1, -0.05) is 45.0 Å². The van der Waals surface area contributed by atoms with Gasteiger partial charge in [0, 0.05) is 12.6 Å². The van der Waals surface area contributed by atoms with E-state index in [1.807, 2.05) is 0 Å². The van der Waals surface area contributed by atoms with Gasteiger partial charge in [0.25, 0.3) is 0 Å². The zero-order valence-corrected chi connectivity index (χ0v) is 14.7. The van der Waals surface area contributed by atoms with Crippen molar-refractivity contribution < 1.29 is 0 Å². The maximum absolute atomic E-state index is 6.01. The molecule has 1 rings (SSSR count). The van der Waals surface area contributed by atoms with Crippen molar-refractivity contribution in [3.05, 3.63) is 35.4 Å². The monoisotopic (exact) mass is 291 g/mol. The minimum Gasteiger partial charge on any atom is -0.329 e. The fourth-order valence-electron chi connectivity index (χ4n) is 2.57. The molecule has 1 aromatic rings. The largest absolute Gasteiger partial charge is 0.329 e. The molecule has 0 aliphatic carbocycles. The van der Waals surface area contributed by atoms with E-state index < -0.39 is 0 Å². The molecule has 0 heterocycles. The molecule has 21 heavy (non-hydrogen) atoms. The van der Waals surface area contributed by atoms with Crippen LogP contribution in [-0.2, 0) is 5.41 Å². The number of likely N-dealkylation sites (N-methyl/N-ethyl adjacent to an activating group) is 1. The fraction of sp³-hybridized carbons (Fsp3) is 0.667. The lowest BCUT2D eigenvalue weighted by molar-refractivity contribution is 0.235. The Balaban J connectivity index is 2.71. The van der Waals surface area contributed by atoms with Gasteiger partial charge in [-0.25, -0.2) is 0 Å². The van der Waals surface area contributed by atoms with Crippen molar-refractivity contribution >= 4 is 0 Å². The van der Waals surface area contributed by atoms with Gasteiger partial charge in [0.05, 0.1) is 0 Å². The molecule has 120 valence electrons. The second kappa shape index (κ2) is 7.92. The number of rotatable bonds is 7. The van der Waals surface area contributed by atoms with E-state index in [-0.39, 0.29) is 5.41 Å². The Morgan fingerprint density at radius 1 is 1.00 bits per heavy atom. The van der Waals surface area contributed by atoms with E-state index in [1.54, 1.807) is 0 Å². The molecule has 0 bridgehead atoms. The molecule has 2 N–H and O–H groups in total. The maximum Gasteiger partial charge on any atom is 0.0467 e. The maximum atomic E-state index is 6.01. The normalized spacial score (nSPS) is 14.0. The van der Waals surface area contributed by atoms with E-state index in [1.165, 1.54) is 17.5 Å². The van der Waals surface area contributed by atoms with Crippen molar-refractivity contribution in [3.8, 4) is 0 Å². The van der Waals surface area contributed by atoms with Gasteiger partial charge in [-0.3, -0.25) is 4.90 Å². The van der Waals surface area contributed by atoms with Gasteiger partial charge in [0.2, 0.25) is 0 Å². The highest BCUT2D eigenvalue weighted by Crippen LogP contribution is 2.25. The van der Waals surface area contributed by atoms with Gasteiger partial charge >= 0.3 is 0 Å². The molecular weight excluding hydrogens is 258 g/mol. The zero-order valence-electron chi connectivity index (χ0n) is 14.7. The molecule has 0 spiro atoms. The summed E-state index contributed by atoms with van der Waals surface area (Å²) in [6.07, 6.45) is 1.17. The minimum absolute atomic E-state index is 0.203. The van der Waals surface area contributed by atoms with E-state index in [2.05, 4.69) is 76.0 Å². The van der Waals surface area contributed by atoms with Gasteiger partial charge < -0.3 is 10.6 Å². The van der Waals surface area contributed by atoms with Crippen molar-refractivity contribution in [1.29, 1.82) is 0 Å². The third-order valence-corrected chi connectivity index (χ3v) is 4.03. The first-order valence-corrected chi connectivity index (χ1v) is 7.91. The molecule has 0 amide bonds. The molecule has 0 aliphatic rings. The molecule has 1 atom stereocenters. The molecule has 1 aromatic carbocycles. The van der Waals surface area contributed by atoms with Crippen LogP contribution in [0.3, 0.4) is 0 Å². The van der Waals surface area contributed by atoms with Gasteiger partial charge in [-0.05, 0) is 57.2 Å². The van der Waals surface area contributed by atoms with E-state index >= 15 is 0 Å². The second-order valence-electron chi connectivity index (χ2n) is 7.26. The van der Waals surface area contributed by atoms with Crippen molar-refractivity contribution in [1.82, 2.24) is 9.80 Å². The first-order valence-electron chi connectivity index (χ1n) is 7.91. The quantitative estimate of drug-likeness (QED) is 0.838. The third-order valence-electron chi connectivity index (χ3n) is 4.03. The minimum atomic E-state index is 0.203. The predicted molar refractivity (Wildman–Crippen MR) is 92.7 cm³/mol. The van der Waals surface area contributed by atoms with Crippen LogP contribution in [0.2, 0.25) is 0 Å². The number of hydrogen-bond acceptors (Lipinski definition) is 3. The van der Waals surface area contributed by atoms with Crippen LogP contribution in [-0.4, -0.2) is 50.6 Å². The Morgan fingerprint density at radius 3 is 2.00 bits per heavy atom. The Morgan fingerprint density at radius 2 is 1.57 bits per heavy atom. The Kier molecular flexibility index (Phi) is 6.85. The summed E-state index contributed by atoms with van der Waals surface area (Å²) in [6.45, 7) is 9.58. The van der Waals surface area contributed by atoms with Gasteiger partial charge in [-0.2, -0.15) is 0 Å². The van der Waals surface area contributed by atoms with Crippen LogP contribution < -0.4 is 5.73 Å². The Bertz CT molecular complexity index is 403. The van der Waals surface area contributed by atoms with Crippen LogP contribution in [0.15, 0.2) is 24.3 Å². The van der Waals surface area contributed by atoms with Crippen molar-refractivity contribution in [2.75, 3.05) is 40.8 Å². The SMILES string of the molecule is CN(C)CCCN(C)C(CN)c1ccc(C(C)(C)C)cc1. The van der Waals surface area contributed by atoms with E-state index in [9.17, 15) is 0 Å². The summed E-state index contributed by atoms with van der Waals surface area (Å²) in [6, 6.07) is 9.26. The Hall–Kier alpha value is -0.900. The van der Waals surface area contributed by atoms with Gasteiger partial charge in [-0.15, -0.1) is 0 Å².